The summed E-state index contributed by atoms with van der Waals surface area (Å²) in [7, 11) is -3.05. The van der Waals surface area contributed by atoms with Crippen LogP contribution in [-0.2, 0) is 9.84 Å². The lowest BCUT2D eigenvalue weighted by Crippen LogP contribution is -2.35. The van der Waals surface area contributed by atoms with Crippen molar-refractivity contribution in [2.75, 3.05) is 11.5 Å². The summed E-state index contributed by atoms with van der Waals surface area (Å²) in [6, 6.07) is 9.46. The van der Waals surface area contributed by atoms with E-state index in [9.17, 15) is 13.2 Å². The highest BCUT2D eigenvalue weighted by molar-refractivity contribution is 7.91. The maximum Gasteiger partial charge on any atom is 0.290 e. The molecule has 1 aromatic carbocycles. The molecule has 1 fully saturated rings. The summed E-state index contributed by atoms with van der Waals surface area (Å²) in [5, 5.41) is 3.07. The standard InChI is InChI=1S/C15H14ClNO5S/c16-11-3-1-2-4-12(11)21-14-6-5-13(22-14)15(18)17-10-7-8-23(19,20)9-10/h1-6,10H,7-9H2,(H,17,18). The number of nitrogens with one attached hydrogen (secondary N) is 1. The van der Waals surface area contributed by atoms with Gasteiger partial charge in [0.05, 0.1) is 16.5 Å². The number of ether oxygens (including phenoxy) is 1. The lowest BCUT2D eigenvalue weighted by atomic mass is 10.2. The molecular weight excluding hydrogens is 342 g/mol. The molecule has 1 unspecified atom stereocenters. The van der Waals surface area contributed by atoms with Crippen LogP contribution in [0.25, 0.3) is 0 Å². The van der Waals surface area contributed by atoms with E-state index in [4.69, 9.17) is 20.8 Å². The minimum Gasteiger partial charge on any atom is -0.424 e. The van der Waals surface area contributed by atoms with E-state index in [1.165, 1.54) is 12.1 Å². The zero-order valence-electron chi connectivity index (χ0n) is 12.0. The molecule has 2 heterocycles. The lowest BCUT2D eigenvalue weighted by Gasteiger charge is -2.08. The van der Waals surface area contributed by atoms with E-state index < -0.39 is 15.7 Å². The number of carbonyl (C=O) groups excluding carboxylic acids is 1. The predicted octanol–water partition coefficient (Wildman–Crippen LogP) is 2.64. The minimum absolute atomic E-state index is 0.0393. The Bertz CT molecular complexity index is 830. The highest BCUT2D eigenvalue weighted by Crippen LogP contribution is 2.29. The number of rotatable bonds is 4. The largest absolute Gasteiger partial charge is 0.424 e. The fourth-order valence-corrected chi connectivity index (χ4v) is 4.15. The third-order valence-electron chi connectivity index (χ3n) is 3.42. The molecule has 3 rings (SSSR count). The fourth-order valence-electron chi connectivity index (χ4n) is 2.30. The van der Waals surface area contributed by atoms with Crippen LogP contribution in [0.4, 0.5) is 0 Å². The molecule has 8 heteroatoms. The summed E-state index contributed by atoms with van der Waals surface area (Å²) < 4.78 is 33.6. The Kier molecular flexibility index (Phi) is 4.32. The minimum atomic E-state index is -3.05. The molecule has 1 amide bonds. The van der Waals surface area contributed by atoms with Crippen molar-refractivity contribution in [3.05, 3.63) is 47.2 Å². The van der Waals surface area contributed by atoms with E-state index >= 15 is 0 Å². The molecular formula is C15H14ClNO5S. The first kappa shape index (κ1) is 15.9. The van der Waals surface area contributed by atoms with Gasteiger partial charge in [-0.05, 0) is 24.6 Å². The lowest BCUT2D eigenvalue weighted by molar-refractivity contribution is 0.0908. The number of sulfone groups is 1. The van der Waals surface area contributed by atoms with Gasteiger partial charge < -0.3 is 14.5 Å². The molecule has 6 nitrogen and oxygen atoms in total. The van der Waals surface area contributed by atoms with Gasteiger partial charge in [-0.3, -0.25) is 4.79 Å². The average Bonchev–Trinajstić information content (AvgIpc) is 3.08. The molecule has 1 aliphatic rings. The number of carbonyl (C=O) groups is 1. The molecule has 0 bridgehead atoms. The molecule has 1 N–H and O–H groups in total. The van der Waals surface area contributed by atoms with E-state index in [-0.39, 0.29) is 29.3 Å². The van der Waals surface area contributed by atoms with Crippen LogP contribution < -0.4 is 10.1 Å². The number of hydrogen-bond acceptors (Lipinski definition) is 5. The zero-order valence-corrected chi connectivity index (χ0v) is 13.6. The van der Waals surface area contributed by atoms with Crippen molar-refractivity contribution >= 4 is 27.3 Å². The van der Waals surface area contributed by atoms with Crippen LogP contribution in [0, 0.1) is 0 Å². The van der Waals surface area contributed by atoms with Gasteiger partial charge in [0.15, 0.2) is 15.6 Å². The van der Waals surface area contributed by atoms with Crippen molar-refractivity contribution in [2.24, 2.45) is 0 Å². The van der Waals surface area contributed by atoms with Gasteiger partial charge in [0.1, 0.15) is 5.75 Å². The number of benzene rings is 1. The second-order valence-electron chi connectivity index (χ2n) is 5.22. The molecule has 1 aliphatic heterocycles. The number of halogens is 1. The molecule has 23 heavy (non-hydrogen) atoms. The molecule has 1 atom stereocenters. The Balaban J connectivity index is 1.65. The molecule has 1 saturated heterocycles. The van der Waals surface area contributed by atoms with Crippen molar-refractivity contribution in [3.8, 4) is 11.7 Å². The summed E-state index contributed by atoms with van der Waals surface area (Å²) in [6.07, 6.45) is 0.414. The van der Waals surface area contributed by atoms with Crippen molar-refractivity contribution < 1.29 is 22.4 Å². The van der Waals surface area contributed by atoms with E-state index in [0.717, 1.165) is 0 Å². The summed E-state index contributed by atoms with van der Waals surface area (Å²) in [5.41, 5.74) is 0. The van der Waals surface area contributed by atoms with E-state index in [2.05, 4.69) is 5.32 Å². The number of hydrogen-bond donors (Lipinski definition) is 1. The van der Waals surface area contributed by atoms with Crippen LogP contribution in [-0.4, -0.2) is 31.9 Å². The van der Waals surface area contributed by atoms with E-state index in [0.29, 0.717) is 17.2 Å². The van der Waals surface area contributed by atoms with Crippen molar-refractivity contribution in [1.29, 1.82) is 0 Å². The van der Waals surface area contributed by atoms with Crippen molar-refractivity contribution in [1.82, 2.24) is 5.32 Å². The second kappa shape index (κ2) is 6.25. The molecule has 122 valence electrons. The van der Waals surface area contributed by atoms with Gasteiger partial charge in [0.2, 0.25) is 0 Å². The van der Waals surface area contributed by atoms with Gasteiger partial charge >= 0.3 is 0 Å². The monoisotopic (exact) mass is 355 g/mol. The molecule has 0 radical (unpaired) electrons. The Hall–Kier alpha value is -1.99. The van der Waals surface area contributed by atoms with Crippen LogP contribution in [0.2, 0.25) is 5.02 Å². The smallest absolute Gasteiger partial charge is 0.290 e. The van der Waals surface area contributed by atoms with Gasteiger partial charge in [-0.1, -0.05) is 23.7 Å². The summed E-state index contributed by atoms with van der Waals surface area (Å²) in [5.74, 6) is 0.177. The Labute approximate surface area is 138 Å². The Morgan fingerprint density at radius 3 is 2.74 bits per heavy atom. The highest BCUT2D eigenvalue weighted by Gasteiger charge is 2.29. The van der Waals surface area contributed by atoms with Gasteiger partial charge in [0.25, 0.3) is 11.9 Å². The van der Waals surface area contributed by atoms with E-state index in [1.807, 2.05) is 0 Å². The van der Waals surface area contributed by atoms with Crippen molar-refractivity contribution in [2.45, 2.75) is 12.5 Å². The predicted molar refractivity (Wildman–Crippen MR) is 84.8 cm³/mol. The molecule has 0 spiro atoms. The third-order valence-corrected chi connectivity index (χ3v) is 5.50. The SMILES string of the molecule is O=C(NC1CCS(=O)(=O)C1)c1ccc(Oc2ccccc2Cl)o1. The number of furan rings is 1. The van der Waals surface area contributed by atoms with E-state index in [1.54, 1.807) is 24.3 Å². The van der Waals surface area contributed by atoms with Gasteiger partial charge in [0, 0.05) is 12.1 Å². The topological polar surface area (TPSA) is 85.6 Å². The van der Waals surface area contributed by atoms with Crippen LogP contribution >= 0.6 is 11.6 Å². The summed E-state index contributed by atoms with van der Waals surface area (Å²) >= 11 is 5.98. The summed E-state index contributed by atoms with van der Waals surface area (Å²) in [4.78, 5) is 12.1. The van der Waals surface area contributed by atoms with Crippen LogP contribution in [0.15, 0.2) is 40.8 Å². The van der Waals surface area contributed by atoms with Crippen LogP contribution in [0.1, 0.15) is 17.0 Å². The third kappa shape index (κ3) is 3.86. The van der Waals surface area contributed by atoms with Crippen LogP contribution in [0.5, 0.6) is 11.7 Å². The first-order valence-corrected chi connectivity index (χ1v) is 9.16. The average molecular weight is 356 g/mol. The maximum atomic E-state index is 12.1. The fraction of sp³-hybridized carbons (Fsp3) is 0.267. The normalized spacial score (nSPS) is 19.4. The first-order chi connectivity index (χ1) is 10.9. The number of amides is 1. The van der Waals surface area contributed by atoms with Gasteiger partial charge in [-0.2, -0.15) is 0 Å². The van der Waals surface area contributed by atoms with Crippen LogP contribution in [0.3, 0.4) is 0 Å². The Morgan fingerprint density at radius 2 is 2.04 bits per heavy atom. The van der Waals surface area contributed by atoms with Crippen molar-refractivity contribution in [3.63, 3.8) is 0 Å². The molecule has 1 aromatic heterocycles. The molecule has 0 aliphatic carbocycles. The van der Waals surface area contributed by atoms with Gasteiger partial charge in [-0.15, -0.1) is 0 Å². The first-order valence-electron chi connectivity index (χ1n) is 6.96. The molecule has 0 saturated carbocycles. The van der Waals surface area contributed by atoms with Gasteiger partial charge in [-0.25, -0.2) is 8.42 Å². The highest BCUT2D eigenvalue weighted by atomic mass is 35.5. The Morgan fingerprint density at radius 1 is 1.26 bits per heavy atom. The summed E-state index contributed by atoms with van der Waals surface area (Å²) in [6.45, 7) is 0. The molecule has 2 aromatic rings. The second-order valence-corrected chi connectivity index (χ2v) is 7.86. The maximum absolute atomic E-state index is 12.1. The zero-order chi connectivity index (χ0) is 16.4. The number of para-hydroxylation sites is 1. The quantitative estimate of drug-likeness (QED) is 0.911.